The van der Waals surface area contributed by atoms with Gasteiger partial charge in [0, 0.05) is 0 Å². The van der Waals surface area contributed by atoms with Gasteiger partial charge in [-0.05, 0) is 42.8 Å². The van der Waals surface area contributed by atoms with Gasteiger partial charge in [0.25, 0.3) is 10.0 Å². The molecule has 0 aliphatic carbocycles. The lowest BCUT2D eigenvalue weighted by Gasteiger charge is -2.11. The third-order valence-corrected chi connectivity index (χ3v) is 3.98. The maximum absolute atomic E-state index is 13.5. The zero-order valence-corrected chi connectivity index (χ0v) is 10.9. The third kappa shape index (κ3) is 2.85. The highest BCUT2D eigenvalue weighted by Crippen LogP contribution is 2.24. The first-order valence-corrected chi connectivity index (χ1v) is 6.95. The van der Waals surface area contributed by atoms with E-state index in [1.807, 2.05) is 0 Å². The molecule has 100 valence electrons. The van der Waals surface area contributed by atoms with Gasteiger partial charge in [0.2, 0.25) is 0 Å². The van der Waals surface area contributed by atoms with E-state index in [1.165, 1.54) is 36.4 Å². The highest BCUT2D eigenvalue weighted by molar-refractivity contribution is 7.92. The Morgan fingerprint density at radius 2 is 1.84 bits per heavy atom. The zero-order chi connectivity index (χ0) is 14.0. The summed E-state index contributed by atoms with van der Waals surface area (Å²) in [6.45, 7) is 1.64. The molecule has 0 saturated carbocycles. The highest BCUT2D eigenvalue weighted by Gasteiger charge is 2.19. The first kappa shape index (κ1) is 13.4. The average Bonchev–Trinajstić information content (AvgIpc) is 2.33. The van der Waals surface area contributed by atoms with Crippen LogP contribution in [0.5, 0.6) is 5.75 Å². The number of hydrogen-bond acceptors (Lipinski definition) is 3. The predicted molar refractivity (Wildman–Crippen MR) is 70.1 cm³/mol. The summed E-state index contributed by atoms with van der Waals surface area (Å²) in [5.41, 5.74) is 0.834. The second kappa shape index (κ2) is 4.89. The second-order valence-corrected chi connectivity index (χ2v) is 5.69. The fourth-order valence-corrected chi connectivity index (χ4v) is 2.84. The summed E-state index contributed by atoms with van der Waals surface area (Å²) in [6.07, 6.45) is 0. The van der Waals surface area contributed by atoms with Crippen LogP contribution >= 0.6 is 0 Å². The molecule has 0 aliphatic heterocycles. The lowest BCUT2D eigenvalue weighted by Crippen LogP contribution is -2.15. The van der Waals surface area contributed by atoms with Crippen LogP contribution in [0.2, 0.25) is 0 Å². The van der Waals surface area contributed by atoms with E-state index < -0.39 is 20.7 Å². The minimum atomic E-state index is -3.99. The molecule has 0 fully saturated rings. The number of hydrogen-bond donors (Lipinski definition) is 2. The SMILES string of the molecule is Cc1cc(O)ccc1NS(=O)(=O)c1ccccc1F. The lowest BCUT2D eigenvalue weighted by molar-refractivity contribution is 0.475. The molecule has 0 bridgehead atoms. The van der Waals surface area contributed by atoms with Crippen LogP contribution in [0.25, 0.3) is 0 Å². The number of anilines is 1. The molecule has 0 heterocycles. The van der Waals surface area contributed by atoms with E-state index in [0.717, 1.165) is 6.07 Å². The van der Waals surface area contributed by atoms with Crippen molar-refractivity contribution in [3.05, 3.63) is 53.8 Å². The van der Waals surface area contributed by atoms with Gasteiger partial charge in [-0.1, -0.05) is 12.1 Å². The first-order chi connectivity index (χ1) is 8.90. The first-order valence-electron chi connectivity index (χ1n) is 5.47. The normalized spacial score (nSPS) is 11.3. The highest BCUT2D eigenvalue weighted by atomic mass is 32.2. The van der Waals surface area contributed by atoms with Crippen LogP contribution in [0.3, 0.4) is 0 Å². The van der Waals surface area contributed by atoms with Crippen molar-refractivity contribution in [1.82, 2.24) is 0 Å². The summed E-state index contributed by atoms with van der Waals surface area (Å²) in [6, 6.07) is 9.32. The van der Waals surface area contributed by atoms with Crippen LogP contribution in [0.4, 0.5) is 10.1 Å². The molecular formula is C13H12FNO3S. The van der Waals surface area contributed by atoms with Crippen molar-refractivity contribution in [3.8, 4) is 5.75 Å². The van der Waals surface area contributed by atoms with Crippen molar-refractivity contribution in [2.24, 2.45) is 0 Å². The van der Waals surface area contributed by atoms with Crippen molar-refractivity contribution in [3.63, 3.8) is 0 Å². The van der Waals surface area contributed by atoms with E-state index in [9.17, 15) is 17.9 Å². The summed E-state index contributed by atoms with van der Waals surface area (Å²) < 4.78 is 39.9. The molecule has 0 saturated heterocycles. The van der Waals surface area contributed by atoms with Gasteiger partial charge in [0.1, 0.15) is 16.5 Å². The number of phenolic OH excluding ortho intramolecular Hbond substituents is 1. The van der Waals surface area contributed by atoms with E-state index >= 15 is 0 Å². The van der Waals surface area contributed by atoms with Crippen LogP contribution < -0.4 is 4.72 Å². The van der Waals surface area contributed by atoms with Crippen LogP contribution in [0.15, 0.2) is 47.4 Å². The number of sulfonamides is 1. The van der Waals surface area contributed by atoms with Crippen molar-refractivity contribution >= 4 is 15.7 Å². The molecule has 2 aromatic rings. The number of nitrogens with one attached hydrogen (secondary N) is 1. The second-order valence-electron chi connectivity index (χ2n) is 4.04. The number of aryl methyl sites for hydroxylation is 1. The lowest BCUT2D eigenvalue weighted by atomic mass is 10.2. The number of halogens is 1. The van der Waals surface area contributed by atoms with Gasteiger partial charge in [-0.2, -0.15) is 0 Å². The average molecular weight is 281 g/mol. The summed E-state index contributed by atoms with van der Waals surface area (Å²) in [4.78, 5) is -0.414. The van der Waals surface area contributed by atoms with Gasteiger partial charge in [-0.3, -0.25) is 4.72 Å². The predicted octanol–water partition coefficient (Wildman–Crippen LogP) is 2.64. The van der Waals surface area contributed by atoms with Crippen molar-refractivity contribution in [2.75, 3.05) is 4.72 Å². The Morgan fingerprint density at radius 1 is 1.16 bits per heavy atom. The minimum Gasteiger partial charge on any atom is -0.508 e. The molecule has 0 atom stereocenters. The van der Waals surface area contributed by atoms with Gasteiger partial charge < -0.3 is 5.11 Å². The summed E-state index contributed by atoms with van der Waals surface area (Å²) in [5.74, 6) is -0.780. The van der Waals surface area contributed by atoms with Gasteiger partial charge >= 0.3 is 0 Å². The molecular weight excluding hydrogens is 269 g/mol. The summed E-state index contributed by atoms with van der Waals surface area (Å²) >= 11 is 0. The largest absolute Gasteiger partial charge is 0.508 e. The fraction of sp³-hybridized carbons (Fsp3) is 0.0769. The molecule has 0 spiro atoms. The number of rotatable bonds is 3. The summed E-state index contributed by atoms with van der Waals surface area (Å²) in [5, 5.41) is 9.26. The Labute approximate surface area is 110 Å². The van der Waals surface area contributed by atoms with Crippen LogP contribution in [0.1, 0.15) is 5.56 Å². The van der Waals surface area contributed by atoms with Crippen molar-refractivity contribution in [1.29, 1.82) is 0 Å². The molecule has 0 amide bonds. The molecule has 2 N–H and O–H groups in total. The van der Waals surface area contributed by atoms with E-state index in [0.29, 0.717) is 11.3 Å². The number of aromatic hydroxyl groups is 1. The summed E-state index contributed by atoms with van der Waals surface area (Å²) in [7, 11) is -3.99. The topological polar surface area (TPSA) is 66.4 Å². The number of benzene rings is 2. The van der Waals surface area contributed by atoms with Crippen LogP contribution in [0, 0.1) is 12.7 Å². The molecule has 6 heteroatoms. The van der Waals surface area contributed by atoms with E-state index in [1.54, 1.807) is 6.92 Å². The van der Waals surface area contributed by atoms with Crippen molar-refractivity contribution < 1.29 is 17.9 Å². The third-order valence-electron chi connectivity index (χ3n) is 2.58. The zero-order valence-electron chi connectivity index (χ0n) is 10.1. The van der Waals surface area contributed by atoms with E-state index in [2.05, 4.69) is 4.72 Å². The molecule has 19 heavy (non-hydrogen) atoms. The Kier molecular flexibility index (Phi) is 3.44. The van der Waals surface area contributed by atoms with Gasteiger partial charge in [0.05, 0.1) is 5.69 Å². The van der Waals surface area contributed by atoms with Gasteiger partial charge in [-0.15, -0.1) is 0 Å². The Balaban J connectivity index is 2.40. The van der Waals surface area contributed by atoms with Crippen LogP contribution in [-0.4, -0.2) is 13.5 Å². The fourth-order valence-electron chi connectivity index (χ4n) is 1.62. The molecule has 0 aliphatic rings. The molecule has 0 aromatic heterocycles. The van der Waals surface area contributed by atoms with Gasteiger partial charge in [-0.25, -0.2) is 12.8 Å². The maximum atomic E-state index is 13.5. The molecule has 4 nitrogen and oxygen atoms in total. The standard InChI is InChI=1S/C13H12FNO3S/c1-9-8-10(16)6-7-12(9)15-19(17,18)13-5-3-2-4-11(13)14/h2-8,15-16H,1H3. The Hall–Kier alpha value is -2.08. The molecule has 0 unspecified atom stereocenters. The molecule has 2 rings (SSSR count). The van der Waals surface area contributed by atoms with E-state index in [4.69, 9.17) is 0 Å². The molecule has 0 radical (unpaired) electrons. The number of phenols is 1. The van der Waals surface area contributed by atoms with Gasteiger partial charge in [0.15, 0.2) is 0 Å². The van der Waals surface area contributed by atoms with Crippen LogP contribution in [-0.2, 0) is 10.0 Å². The monoisotopic (exact) mass is 281 g/mol. The smallest absolute Gasteiger partial charge is 0.264 e. The molecule has 2 aromatic carbocycles. The quantitative estimate of drug-likeness (QED) is 0.850. The Bertz CT molecular complexity index is 714. The van der Waals surface area contributed by atoms with Crippen molar-refractivity contribution in [2.45, 2.75) is 11.8 Å². The Morgan fingerprint density at radius 3 is 2.47 bits per heavy atom. The maximum Gasteiger partial charge on any atom is 0.264 e. The van der Waals surface area contributed by atoms with E-state index in [-0.39, 0.29) is 5.75 Å². The minimum absolute atomic E-state index is 0.0336.